The van der Waals surface area contributed by atoms with Crippen molar-refractivity contribution in [3.05, 3.63) is 63.9 Å². The third kappa shape index (κ3) is 4.85. The van der Waals surface area contributed by atoms with Crippen molar-refractivity contribution in [3.63, 3.8) is 0 Å². The van der Waals surface area contributed by atoms with Gasteiger partial charge in [-0.2, -0.15) is 0 Å². The fourth-order valence-electron chi connectivity index (χ4n) is 4.57. The topological polar surface area (TPSA) is 123 Å². The van der Waals surface area contributed by atoms with Crippen LogP contribution in [0.25, 0.3) is 10.4 Å². The number of halogens is 2. The Hall–Kier alpha value is -2.63. The largest absolute Gasteiger partial charge is 0.362 e. The smallest absolute Gasteiger partial charge is 0.356 e. The van der Waals surface area contributed by atoms with Crippen molar-refractivity contribution in [3.8, 4) is 0 Å². The van der Waals surface area contributed by atoms with Crippen LogP contribution in [0.2, 0.25) is 0 Å². The monoisotopic (exact) mass is 583 g/mol. The average Bonchev–Trinajstić information content (AvgIpc) is 3.37. The number of amides is 1. The van der Waals surface area contributed by atoms with Gasteiger partial charge in [0.2, 0.25) is 0 Å². The minimum atomic E-state index is -0.613. The number of alkyl halides is 1. The van der Waals surface area contributed by atoms with Crippen LogP contribution in [0.15, 0.2) is 53.0 Å². The molecule has 1 unspecified atom stereocenters. The number of nitrogens with one attached hydrogen (secondary N) is 2. The maximum atomic E-state index is 13.3. The molecule has 2 atom stereocenters. The number of nitrogens with zero attached hydrogens (tertiary/aromatic N) is 5. The van der Waals surface area contributed by atoms with Crippen LogP contribution in [0, 0.1) is 0 Å². The number of anilines is 1. The first-order valence-corrected chi connectivity index (χ1v) is 12.5. The molecule has 0 radical (unpaired) electrons. The molecular weight excluding hydrogens is 561 g/mol. The van der Waals surface area contributed by atoms with Crippen LogP contribution < -0.4 is 10.6 Å². The maximum Gasteiger partial charge on any atom is 0.356 e. The number of azide groups is 1. The Morgan fingerprint density at radius 2 is 2.06 bits per heavy atom. The Morgan fingerprint density at radius 3 is 2.70 bits per heavy atom. The van der Waals surface area contributed by atoms with Crippen LogP contribution >= 0.6 is 34.5 Å². The molecule has 174 valence electrons. The molecule has 1 aromatic rings. The van der Waals surface area contributed by atoms with E-state index < -0.39 is 12.0 Å². The number of dihydropyridines is 1. The summed E-state index contributed by atoms with van der Waals surface area (Å²) in [5.74, 6) is 0.193. The Labute approximate surface area is 209 Å². The summed E-state index contributed by atoms with van der Waals surface area (Å²) < 4.78 is 4.72. The van der Waals surface area contributed by atoms with Crippen molar-refractivity contribution in [2.75, 3.05) is 16.4 Å². The summed E-state index contributed by atoms with van der Waals surface area (Å²) in [5.41, 5.74) is 10.9. The Balaban J connectivity index is 1.61. The van der Waals surface area contributed by atoms with Gasteiger partial charge in [-0.1, -0.05) is 40.5 Å². The van der Waals surface area contributed by atoms with Gasteiger partial charge in [-0.3, -0.25) is 9.69 Å². The van der Waals surface area contributed by atoms with E-state index in [1.165, 1.54) is 0 Å². The van der Waals surface area contributed by atoms with Crippen LogP contribution in [0.5, 0.6) is 0 Å². The molecule has 10 nitrogen and oxygen atoms in total. The SMILES string of the molecule is [N-]=[N+]=NC[C@@H]1C(=O)N(CI)C2=C(NC(Nc3ccc(C(=O)OCl)cc3)C=C2)N1C1CCCC1. The van der Waals surface area contributed by atoms with Crippen molar-refractivity contribution in [2.45, 2.75) is 43.9 Å². The fraction of sp³-hybridized carbons (Fsp3) is 0.429. The van der Waals surface area contributed by atoms with Crippen molar-refractivity contribution in [1.82, 2.24) is 15.1 Å². The summed E-state index contributed by atoms with van der Waals surface area (Å²) >= 11 is 7.32. The lowest BCUT2D eigenvalue weighted by Crippen LogP contribution is -2.61. The van der Waals surface area contributed by atoms with Gasteiger partial charge in [0.15, 0.2) is 0 Å². The first-order chi connectivity index (χ1) is 16.1. The van der Waals surface area contributed by atoms with Gasteiger partial charge in [-0.05, 0) is 54.8 Å². The number of benzene rings is 1. The zero-order chi connectivity index (χ0) is 23.4. The van der Waals surface area contributed by atoms with E-state index in [-0.39, 0.29) is 24.7 Å². The molecular formula is C21H23ClIN7O3. The van der Waals surface area contributed by atoms with E-state index in [0.717, 1.165) is 42.9 Å². The van der Waals surface area contributed by atoms with E-state index >= 15 is 0 Å². The normalized spacial score (nSPS) is 22.5. The van der Waals surface area contributed by atoms with Crippen molar-refractivity contribution in [1.29, 1.82) is 0 Å². The summed E-state index contributed by atoms with van der Waals surface area (Å²) in [7, 11) is 0. The van der Waals surface area contributed by atoms with Crippen molar-refractivity contribution in [2.24, 2.45) is 5.11 Å². The van der Waals surface area contributed by atoms with Crippen molar-refractivity contribution < 1.29 is 13.9 Å². The maximum absolute atomic E-state index is 13.3. The average molecular weight is 584 g/mol. The highest BCUT2D eigenvalue weighted by atomic mass is 127. The number of allylic oxidation sites excluding steroid dienone is 1. The molecule has 1 fully saturated rings. The predicted molar refractivity (Wildman–Crippen MR) is 132 cm³/mol. The van der Waals surface area contributed by atoms with Gasteiger partial charge in [-0.15, -0.1) is 0 Å². The Bertz CT molecular complexity index is 1020. The molecule has 2 aliphatic heterocycles. The second kappa shape index (κ2) is 10.5. The lowest BCUT2D eigenvalue weighted by molar-refractivity contribution is -0.136. The number of carbonyl (C=O) groups is 2. The summed E-state index contributed by atoms with van der Waals surface area (Å²) in [5, 5.41) is 10.7. The van der Waals surface area contributed by atoms with Gasteiger partial charge in [0, 0.05) is 16.6 Å². The number of carbonyl (C=O) groups excluding carboxylic acids is 2. The fourth-order valence-corrected chi connectivity index (χ4v) is 5.36. The van der Waals surface area contributed by atoms with E-state index in [4.69, 9.17) is 17.4 Å². The standard InChI is InChI=1S/C21H23ClIN7O3/c22-33-21(32)13-5-7-14(8-6-13)26-18-10-9-16-19(27-18)30(15-3-1-2-4-15)17(11-25-28-24)20(31)29(16)12-23/h5-10,15,17-18,26-27H,1-4,11-12H2/t17-,18?/m1/s1. The highest BCUT2D eigenvalue weighted by Crippen LogP contribution is 2.35. The van der Waals surface area contributed by atoms with Crippen molar-refractivity contribution >= 4 is 52.0 Å². The van der Waals surface area contributed by atoms with E-state index in [1.807, 2.05) is 12.2 Å². The summed E-state index contributed by atoms with van der Waals surface area (Å²) in [4.78, 5) is 31.6. The quantitative estimate of drug-likeness (QED) is 0.124. The lowest BCUT2D eigenvalue weighted by Gasteiger charge is -2.48. The molecule has 12 heteroatoms. The second-order valence-electron chi connectivity index (χ2n) is 7.96. The molecule has 2 heterocycles. The summed E-state index contributed by atoms with van der Waals surface area (Å²) in [6, 6.07) is 6.45. The van der Waals surface area contributed by atoms with Crippen LogP contribution in [-0.2, 0) is 9.08 Å². The number of hydrogen-bond donors (Lipinski definition) is 2. The second-order valence-corrected chi connectivity index (χ2v) is 8.80. The Morgan fingerprint density at radius 1 is 1.33 bits per heavy atom. The van der Waals surface area contributed by atoms with Crippen LogP contribution in [0.4, 0.5) is 5.69 Å². The highest BCUT2D eigenvalue weighted by molar-refractivity contribution is 14.1. The molecule has 1 amide bonds. The highest BCUT2D eigenvalue weighted by Gasteiger charge is 2.43. The van der Waals surface area contributed by atoms with Crippen LogP contribution in [-0.4, -0.2) is 51.0 Å². The molecule has 1 saturated carbocycles. The third-order valence-corrected chi connectivity index (χ3v) is 6.91. The van der Waals surface area contributed by atoms with E-state index in [2.05, 4.69) is 52.4 Å². The first-order valence-electron chi connectivity index (χ1n) is 10.6. The van der Waals surface area contributed by atoms with Gasteiger partial charge >= 0.3 is 5.97 Å². The van der Waals surface area contributed by atoms with Gasteiger partial charge < -0.3 is 19.8 Å². The molecule has 0 saturated heterocycles. The molecule has 0 aromatic heterocycles. The predicted octanol–water partition coefficient (Wildman–Crippen LogP) is 4.22. The van der Waals surface area contributed by atoms with E-state index in [0.29, 0.717) is 10.1 Å². The van der Waals surface area contributed by atoms with E-state index in [9.17, 15) is 9.59 Å². The molecule has 1 aliphatic carbocycles. The van der Waals surface area contributed by atoms with Crippen LogP contribution in [0.3, 0.4) is 0 Å². The third-order valence-electron chi connectivity index (χ3n) is 6.09. The molecule has 2 N–H and O–H groups in total. The van der Waals surface area contributed by atoms with Crippen LogP contribution in [0.1, 0.15) is 36.0 Å². The minimum Gasteiger partial charge on any atom is -0.362 e. The molecule has 4 rings (SSSR count). The molecule has 3 aliphatic rings. The zero-order valence-electron chi connectivity index (χ0n) is 17.7. The summed E-state index contributed by atoms with van der Waals surface area (Å²) in [6.07, 6.45) is 7.85. The number of hydrogen-bond acceptors (Lipinski definition) is 7. The Kier molecular flexibility index (Phi) is 7.51. The molecule has 33 heavy (non-hydrogen) atoms. The summed E-state index contributed by atoms with van der Waals surface area (Å²) in [6.45, 7) is 0.0807. The zero-order valence-corrected chi connectivity index (χ0v) is 20.6. The minimum absolute atomic E-state index is 0.0536. The number of rotatable bonds is 7. The molecule has 1 aromatic carbocycles. The van der Waals surface area contributed by atoms with Gasteiger partial charge in [0.1, 0.15) is 29.9 Å². The first kappa shape index (κ1) is 23.5. The lowest BCUT2D eigenvalue weighted by atomic mass is 10.0. The molecule has 0 spiro atoms. The molecule has 0 bridgehead atoms. The van der Waals surface area contributed by atoms with Gasteiger partial charge in [-0.25, -0.2) is 4.79 Å². The van der Waals surface area contributed by atoms with Gasteiger partial charge in [0.05, 0.1) is 22.4 Å². The van der Waals surface area contributed by atoms with E-state index in [1.54, 1.807) is 29.2 Å². The van der Waals surface area contributed by atoms with Gasteiger partial charge in [0.25, 0.3) is 5.91 Å².